The molecule has 4 atom stereocenters. The third-order valence-corrected chi connectivity index (χ3v) is 6.17. The van der Waals surface area contributed by atoms with Crippen LogP contribution < -0.4 is 0 Å². The quantitative estimate of drug-likeness (QED) is 0.672. The lowest BCUT2D eigenvalue weighted by molar-refractivity contribution is -0.161. The molecule has 1 aliphatic carbocycles. The predicted octanol–water partition coefficient (Wildman–Crippen LogP) is 4.25. The topological polar surface area (TPSA) is 83.8 Å². The zero-order chi connectivity index (χ0) is 21.3. The third kappa shape index (κ3) is 3.77. The van der Waals surface area contributed by atoms with E-state index in [0.29, 0.717) is 12.0 Å². The maximum Gasteiger partial charge on any atom is 0.339 e. The first-order valence-electron chi connectivity index (χ1n) is 10.5. The molecule has 4 rings (SSSR count). The van der Waals surface area contributed by atoms with Crippen LogP contribution in [-0.4, -0.2) is 28.1 Å². The van der Waals surface area contributed by atoms with Crippen LogP contribution in [0.5, 0.6) is 0 Å². The van der Waals surface area contributed by atoms with E-state index in [4.69, 9.17) is 4.74 Å². The van der Waals surface area contributed by atoms with E-state index < -0.39 is 35.6 Å². The lowest BCUT2D eigenvalue weighted by Crippen LogP contribution is -2.43. The Morgan fingerprint density at radius 1 is 0.967 bits per heavy atom. The van der Waals surface area contributed by atoms with E-state index in [1.54, 1.807) is 24.3 Å². The molecular formula is C25H26O5. The van der Waals surface area contributed by atoms with Crippen molar-refractivity contribution < 1.29 is 24.5 Å². The number of ether oxygens (including phenoxy) is 1. The van der Waals surface area contributed by atoms with Gasteiger partial charge in [-0.25, -0.2) is 4.79 Å². The number of benzene rings is 2. The average Bonchev–Trinajstić information content (AvgIpc) is 3.61. The second kappa shape index (κ2) is 8.44. The molecule has 2 aromatic rings. The zero-order valence-electron chi connectivity index (χ0n) is 16.9. The highest BCUT2D eigenvalue weighted by atomic mass is 16.6. The Morgan fingerprint density at radius 2 is 1.53 bits per heavy atom. The standard InChI is InChI=1S/C25H26O5/c1-2-18(21(26)17-11-7-4-8-12-17)24-23(28)22(27)20(25(29)30-24)19(16-13-14-16)15-9-5-3-6-10-15/h3-12,16,18-19,21,24,26-27H,2,13-14H2,1H3/t18-,19+,21-,24?/m1/s1. The number of ketones is 1. The van der Waals surface area contributed by atoms with Crippen LogP contribution >= 0.6 is 0 Å². The van der Waals surface area contributed by atoms with Crippen LogP contribution in [0.15, 0.2) is 72.0 Å². The largest absolute Gasteiger partial charge is 0.504 e. The van der Waals surface area contributed by atoms with Gasteiger partial charge < -0.3 is 14.9 Å². The first-order chi connectivity index (χ1) is 14.5. The Kier molecular flexibility index (Phi) is 5.73. The molecule has 1 saturated carbocycles. The Hall–Kier alpha value is -2.92. The summed E-state index contributed by atoms with van der Waals surface area (Å²) in [5.41, 5.74) is 1.58. The van der Waals surface area contributed by atoms with Crippen LogP contribution in [0.4, 0.5) is 0 Å². The maximum absolute atomic E-state index is 13.1. The summed E-state index contributed by atoms with van der Waals surface area (Å²) in [6.45, 7) is 1.82. The number of carbonyl (C=O) groups is 2. The van der Waals surface area contributed by atoms with Gasteiger partial charge in [0.25, 0.3) is 0 Å². The van der Waals surface area contributed by atoms with Gasteiger partial charge in [-0.15, -0.1) is 0 Å². The first kappa shape index (κ1) is 20.4. The van der Waals surface area contributed by atoms with E-state index in [0.717, 1.165) is 18.4 Å². The summed E-state index contributed by atoms with van der Waals surface area (Å²) in [4.78, 5) is 26.1. The van der Waals surface area contributed by atoms with Crippen molar-refractivity contribution in [1.29, 1.82) is 0 Å². The van der Waals surface area contributed by atoms with E-state index in [2.05, 4.69) is 0 Å². The normalized spacial score (nSPS) is 22.4. The molecule has 0 aromatic heterocycles. The van der Waals surface area contributed by atoms with Gasteiger partial charge in [0.2, 0.25) is 5.78 Å². The Labute approximate surface area is 176 Å². The van der Waals surface area contributed by atoms with E-state index in [9.17, 15) is 19.8 Å². The van der Waals surface area contributed by atoms with Crippen LogP contribution in [0.2, 0.25) is 0 Å². The molecule has 30 heavy (non-hydrogen) atoms. The van der Waals surface area contributed by atoms with Crippen LogP contribution in [-0.2, 0) is 14.3 Å². The monoisotopic (exact) mass is 406 g/mol. The number of cyclic esters (lactones) is 1. The van der Waals surface area contributed by atoms with Crippen molar-refractivity contribution in [2.24, 2.45) is 11.8 Å². The van der Waals surface area contributed by atoms with E-state index >= 15 is 0 Å². The fourth-order valence-electron chi connectivity index (χ4n) is 4.42. The maximum atomic E-state index is 13.1. The minimum Gasteiger partial charge on any atom is -0.504 e. The molecule has 0 amide bonds. The highest BCUT2D eigenvalue weighted by Gasteiger charge is 2.48. The molecular weight excluding hydrogens is 380 g/mol. The minimum absolute atomic E-state index is 0.0500. The summed E-state index contributed by atoms with van der Waals surface area (Å²) >= 11 is 0. The van der Waals surface area contributed by atoms with Gasteiger partial charge in [0.1, 0.15) is 0 Å². The molecule has 2 N–H and O–H groups in total. The lowest BCUT2D eigenvalue weighted by Gasteiger charge is -2.33. The van der Waals surface area contributed by atoms with Gasteiger partial charge in [0, 0.05) is 11.8 Å². The molecule has 0 saturated heterocycles. The van der Waals surface area contributed by atoms with Crippen LogP contribution in [0, 0.1) is 11.8 Å². The number of aliphatic hydroxyl groups is 2. The smallest absolute Gasteiger partial charge is 0.339 e. The zero-order valence-corrected chi connectivity index (χ0v) is 16.9. The molecule has 2 aromatic carbocycles. The molecule has 1 unspecified atom stereocenters. The molecule has 1 aliphatic heterocycles. The number of aliphatic hydroxyl groups excluding tert-OH is 2. The van der Waals surface area contributed by atoms with Crippen molar-refractivity contribution in [3.63, 3.8) is 0 Å². The summed E-state index contributed by atoms with van der Waals surface area (Å²) in [5, 5.41) is 21.7. The van der Waals surface area contributed by atoms with Crippen molar-refractivity contribution >= 4 is 11.8 Å². The van der Waals surface area contributed by atoms with Crippen LogP contribution in [0.25, 0.3) is 0 Å². The van der Waals surface area contributed by atoms with Gasteiger partial charge >= 0.3 is 5.97 Å². The number of hydrogen-bond acceptors (Lipinski definition) is 5. The molecule has 0 radical (unpaired) electrons. The number of Topliss-reactive ketones (excluding diaryl/α,β-unsaturated/α-hetero) is 1. The number of carbonyl (C=O) groups excluding carboxylic acids is 2. The molecule has 0 spiro atoms. The Morgan fingerprint density at radius 3 is 2.07 bits per heavy atom. The first-order valence-corrected chi connectivity index (χ1v) is 10.5. The number of hydrogen-bond donors (Lipinski definition) is 2. The second-order valence-corrected chi connectivity index (χ2v) is 8.11. The second-order valence-electron chi connectivity index (χ2n) is 8.11. The molecule has 2 aliphatic rings. The van der Waals surface area contributed by atoms with Gasteiger partial charge in [-0.2, -0.15) is 0 Å². The van der Waals surface area contributed by atoms with E-state index in [1.807, 2.05) is 43.3 Å². The molecule has 1 fully saturated rings. The van der Waals surface area contributed by atoms with Crippen LogP contribution in [0.1, 0.15) is 49.3 Å². The fourth-order valence-corrected chi connectivity index (χ4v) is 4.42. The van der Waals surface area contributed by atoms with Gasteiger partial charge in [-0.05, 0) is 36.3 Å². The highest BCUT2D eigenvalue weighted by molar-refractivity contribution is 6.09. The van der Waals surface area contributed by atoms with Gasteiger partial charge in [-0.1, -0.05) is 67.6 Å². The van der Waals surface area contributed by atoms with E-state index in [1.165, 1.54) is 0 Å². The summed E-state index contributed by atoms with van der Waals surface area (Å²) < 4.78 is 5.59. The van der Waals surface area contributed by atoms with Crippen molar-refractivity contribution in [3.05, 3.63) is 83.1 Å². The van der Waals surface area contributed by atoms with E-state index in [-0.39, 0.29) is 17.4 Å². The summed E-state index contributed by atoms with van der Waals surface area (Å²) in [7, 11) is 0. The van der Waals surface area contributed by atoms with Crippen molar-refractivity contribution in [3.8, 4) is 0 Å². The lowest BCUT2D eigenvalue weighted by atomic mass is 9.80. The summed E-state index contributed by atoms with van der Waals surface area (Å²) in [5.74, 6) is -2.62. The Balaban J connectivity index is 1.67. The van der Waals surface area contributed by atoms with Crippen molar-refractivity contribution in [2.75, 3.05) is 0 Å². The van der Waals surface area contributed by atoms with Crippen molar-refractivity contribution in [2.45, 2.75) is 44.3 Å². The number of rotatable bonds is 7. The molecule has 0 bridgehead atoms. The van der Waals surface area contributed by atoms with Gasteiger partial charge in [0.15, 0.2) is 11.9 Å². The number of esters is 1. The SMILES string of the molecule is CC[C@@H](C1OC(=O)C([C@@H](c2ccccc2)C2CC2)=C(O)C1=O)[C@H](O)c1ccccc1. The molecule has 156 valence electrons. The van der Waals surface area contributed by atoms with Crippen LogP contribution in [0.3, 0.4) is 0 Å². The Bertz CT molecular complexity index is 946. The highest BCUT2D eigenvalue weighted by Crippen LogP contribution is 2.49. The van der Waals surface area contributed by atoms with Gasteiger partial charge in [-0.3, -0.25) is 4.79 Å². The van der Waals surface area contributed by atoms with Crippen molar-refractivity contribution in [1.82, 2.24) is 0 Å². The fraction of sp³-hybridized carbons (Fsp3) is 0.360. The summed E-state index contributed by atoms with van der Waals surface area (Å²) in [6.07, 6.45) is 0.0854. The summed E-state index contributed by atoms with van der Waals surface area (Å²) in [6, 6.07) is 18.4. The molecule has 5 heteroatoms. The third-order valence-electron chi connectivity index (χ3n) is 6.17. The molecule has 5 nitrogen and oxygen atoms in total. The molecule has 1 heterocycles. The predicted molar refractivity (Wildman–Crippen MR) is 112 cm³/mol. The minimum atomic E-state index is -1.21. The van der Waals surface area contributed by atoms with Gasteiger partial charge in [0.05, 0.1) is 11.7 Å². The average molecular weight is 406 g/mol.